The predicted molar refractivity (Wildman–Crippen MR) is 85.0 cm³/mol. The highest BCUT2D eigenvalue weighted by molar-refractivity contribution is 7.91. The first-order valence-corrected chi connectivity index (χ1v) is 9.11. The van der Waals surface area contributed by atoms with Crippen LogP contribution in [0.5, 0.6) is 5.75 Å². The average molecular weight is 352 g/mol. The maximum absolute atomic E-state index is 12.8. The molecule has 0 bridgehead atoms. The molecule has 128 valence electrons. The molecule has 0 radical (unpaired) electrons. The molecule has 0 aliphatic carbocycles. The molecule has 1 aliphatic heterocycles. The van der Waals surface area contributed by atoms with E-state index in [0.29, 0.717) is 5.75 Å². The van der Waals surface area contributed by atoms with E-state index in [0.717, 1.165) is 0 Å². The third-order valence-electron chi connectivity index (χ3n) is 3.52. The van der Waals surface area contributed by atoms with Crippen LogP contribution in [-0.2, 0) is 19.3 Å². The third-order valence-corrected chi connectivity index (χ3v) is 5.22. The van der Waals surface area contributed by atoms with Crippen molar-refractivity contribution in [1.82, 2.24) is 0 Å². The van der Waals surface area contributed by atoms with Crippen molar-refractivity contribution in [2.75, 3.05) is 19.0 Å². The van der Waals surface area contributed by atoms with Crippen LogP contribution in [0.4, 0.5) is 4.39 Å². The summed E-state index contributed by atoms with van der Waals surface area (Å²) in [6.45, 7) is 0.448. The van der Waals surface area contributed by atoms with Gasteiger partial charge in [-0.15, -0.1) is 0 Å². The number of hydrogen-bond acceptors (Lipinski definition) is 5. The summed E-state index contributed by atoms with van der Waals surface area (Å²) in [5.74, 6) is -0.0707. The summed E-state index contributed by atoms with van der Waals surface area (Å²) < 4.78 is 53.8. The van der Waals surface area contributed by atoms with Gasteiger partial charge in [-0.2, -0.15) is 0 Å². The summed E-state index contributed by atoms with van der Waals surface area (Å²) in [5.41, 5.74) is 0. The SMILES string of the molecule is O=S(=O)(CC1OCC(COc2ccc(F)cc2)O1)c1ccccc1. The van der Waals surface area contributed by atoms with Gasteiger partial charge in [-0.3, -0.25) is 0 Å². The van der Waals surface area contributed by atoms with E-state index in [4.69, 9.17) is 14.2 Å². The Balaban J connectivity index is 1.51. The quantitative estimate of drug-likeness (QED) is 0.799. The summed E-state index contributed by atoms with van der Waals surface area (Å²) in [7, 11) is -3.47. The lowest BCUT2D eigenvalue weighted by Gasteiger charge is -2.13. The van der Waals surface area contributed by atoms with Crippen molar-refractivity contribution in [3.8, 4) is 5.75 Å². The molecule has 0 saturated carbocycles. The molecule has 1 fully saturated rings. The van der Waals surface area contributed by atoms with Gasteiger partial charge in [0.15, 0.2) is 16.1 Å². The van der Waals surface area contributed by atoms with E-state index in [1.807, 2.05) is 0 Å². The van der Waals surface area contributed by atoms with Crippen molar-refractivity contribution in [2.24, 2.45) is 0 Å². The number of hydrogen-bond donors (Lipinski definition) is 0. The minimum absolute atomic E-state index is 0.202. The largest absolute Gasteiger partial charge is 0.491 e. The smallest absolute Gasteiger partial charge is 0.183 e. The molecule has 0 N–H and O–H groups in total. The lowest BCUT2D eigenvalue weighted by Crippen LogP contribution is -2.25. The van der Waals surface area contributed by atoms with Crippen molar-refractivity contribution < 1.29 is 27.0 Å². The van der Waals surface area contributed by atoms with Gasteiger partial charge in [-0.1, -0.05) is 18.2 Å². The monoisotopic (exact) mass is 352 g/mol. The van der Waals surface area contributed by atoms with Crippen LogP contribution in [0.25, 0.3) is 0 Å². The van der Waals surface area contributed by atoms with Crippen LogP contribution >= 0.6 is 0 Å². The summed E-state index contributed by atoms with van der Waals surface area (Å²) in [6, 6.07) is 13.8. The molecule has 2 aromatic carbocycles. The van der Waals surface area contributed by atoms with Gasteiger partial charge in [-0.25, -0.2) is 12.8 Å². The van der Waals surface area contributed by atoms with Crippen LogP contribution in [0.15, 0.2) is 59.5 Å². The number of halogens is 1. The Labute approximate surface area is 139 Å². The lowest BCUT2D eigenvalue weighted by molar-refractivity contribution is -0.0461. The van der Waals surface area contributed by atoms with Gasteiger partial charge >= 0.3 is 0 Å². The van der Waals surface area contributed by atoms with Crippen molar-refractivity contribution >= 4 is 9.84 Å². The second kappa shape index (κ2) is 7.29. The van der Waals surface area contributed by atoms with Crippen molar-refractivity contribution in [1.29, 1.82) is 0 Å². The minimum atomic E-state index is -3.47. The van der Waals surface area contributed by atoms with Gasteiger partial charge in [0, 0.05) is 0 Å². The fourth-order valence-electron chi connectivity index (χ4n) is 2.31. The molecule has 1 saturated heterocycles. The van der Waals surface area contributed by atoms with Crippen LogP contribution in [-0.4, -0.2) is 39.8 Å². The Kier molecular flexibility index (Phi) is 5.13. The zero-order chi connectivity index (χ0) is 17.0. The second-order valence-electron chi connectivity index (χ2n) is 5.38. The Morgan fingerprint density at radius 1 is 1.08 bits per heavy atom. The molecule has 0 aromatic heterocycles. The van der Waals surface area contributed by atoms with E-state index < -0.39 is 16.1 Å². The Hall–Kier alpha value is -1.96. The summed E-state index contributed by atoms with van der Waals surface area (Å²) in [4.78, 5) is 0.239. The van der Waals surface area contributed by atoms with E-state index in [1.54, 1.807) is 30.3 Å². The third kappa shape index (κ3) is 4.31. The molecule has 1 heterocycles. The summed E-state index contributed by atoms with van der Waals surface area (Å²) >= 11 is 0. The molecule has 5 nitrogen and oxygen atoms in total. The molecule has 1 aliphatic rings. The van der Waals surface area contributed by atoms with E-state index in [2.05, 4.69) is 0 Å². The van der Waals surface area contributed by atoms with Crippen molar-refractivity contribution in [3.05, 3.63) is 60.4 Å². The van der Waals surface area contributed by atoms with Crippen LogP contribution in [0.3, 0.4) is 0 Å². The van der Waals surface area contributed by atoms with E-state index in [-0.39, 0.29) is 35.8 Å². The topological polar surface area (TPSA) is 61.8 Å². The predicted octanol–water partition coefficient (Wildman–Crippen LogP) is 2.42. The molecular formula is C17H17FO5S. The second-order valence-corrected chi connectivity index (χ2v) is 7.41. The fourth-order valence-corrected chi connectivity index (χ4v) is 3.60. The zero-order valence-electron chi connectivity index (χ0n) is 12.8. The first-order valence-electron chi connectivity index (χ1n) is 7.46. The van der Waals surface area contributed by atoms with Crippen molar-refractivity contribution in [3.63, 3.8) is 0 Å². The van der Waals surface area contributed by atoms with Gasteiger partial charge in [0.05, 0.1) is 11.5 Å². The Bertz CT molecular complexity index is 761. The molecule has 2 atom stereocenters. The van der Waals surface area contributed by atoms with Gasteiger partial charge in [0.25, 0.3) is 0 Å². The van der Waals surface area contributed by atoms with Crippen LogP contribution < -0.4 is 4.74 Å². The number of benzene rings is 2. The molecule has 3 rings (SSSR count). The number of ether oxygens (including phenoxy) is 3. The molecule has 24 heavy (non-hydrogen) atoms. The first kappa shape index (κ1) is 16.9. The Morgan fingerprint density at radius 2 is 1.79 bits per heavy atom. The zero-order valence-corrected chi connectivity index (χ0v) is 13.6. The van der Waals surface area contributed by atoms with Crippen LogP contribution in [0.2, 0.25) is 0 Å². The maximum atomic E-state index is 12.8. The van der Waals surface area contributed by atoms with E-state index in [9.17, 15) is 12.8 Å². The maximum Gasteiger partial charge on any atom is 0.183 e. The van der Waals surface area contributed by atoms with Crippen molar-refractivity contribution in [2.45, 2.75) is 17.3 Å². The molecule has 7 heteroatoms. The molecule has 2 unspecified atom stereocenters. The number of sulfone groups is 1. The van der Waals surface area contributed by atoms with E-state index >= 15 is 0 Å². The van der Waals surface area contributed by atoms with Gasteiger partial charge in [0.1, 0.15) is 30.0 Å². The normalized spacial score (nSPS) is 20.9. The summed E-state index contributed by atoms with van der Waals surface area (Å²) in [5, 5.41) is 0. The molecule has 0 amide bonds. The van der Waals surface area contributed by atoms with Gasteiger partial charge in [-0.05, 0) is 36.4 Å². The Morgan fingerprint density at radius 3 is 2.50 bits per heavy atom. The van der Waals surface area contributed by atoms with Crippen LogP contribution in [0, 0.1) is 5.82 Å². The number of rotatable bonds is 6. The highest BCUT2D eigenvalue weighted by atomic mass is 32.2. The fraction of sp³-hybridized carbons (Fsp3) is 0.294. The lowest BCUT2D eigenvalue weighted by atomic mass is 10.3. The van der Waals surface area contributed by atoms with Gasteiger partial charge < -0.3 is 14.2 Å². The standard InChI is InChI=1S/C17H17FO5S/c18-13-6-8-14(9-7-13)21-10-15-11-22-17(23-15)12-24(19,20)16-4-2-1-3-5-16/h1-9,15,17H,10-12H2. The van der Waals surface area contributed by atoms with Crippen LogP contribution in [0.1, 0.15) is 0 Å². The molecular weight excluding hydrogens is 335 g/mol. The minimum Gasteiger partial charge on any atom is -0.491 e. The highest BCUT2D eigenvalue weighted by Crippen LogP contribution is 2.19. The van der Waals surface area contributed by atoms with E-state index in [1.165, 1.54) is 24.3 Å². The molecule has 2 aromatic rings. The first-order chi connectivity index (χ1) is 11.5. The van der Waals surface area contributed by atoms with Gasteiger partial charge in [0.2, 0.25) is 0 Å². The summed E-state index contributed by atoms with van der Waals surface area (Å²) in [6.07, 6.45) is -1.19. The molecule has 0 spiro atoms. The highest BCUT2D eigenvalue weighted by Gasteiger charge is 2.31. The average Bonchev–Trinajstić information content (AvgIpc) is 3.02.